The van der Waals surface area contributed by atoms with Gasteiger partial charge in [-0.15, -0.1) is 0 Å². The Morgan fingerprint density at radius 1 is 0.947 bits per heavy atom. The van der Waals surface area contributed by atoms with Crippen LogP contribution in [-0.2, 0) is 0 Å². The SMILES string of the molecule is CNc1nc(Nc2cc(Cl)cc(Cl)c2)c(F)cc1F. The van der Waals surface area contributed by atoms with E-state index in [0.29, 0.717) is 15.7 Å². The van der Waals surface area contributed by atoms with E-state index >= 15 is 0 Å². The molecule has 2 aromatic rings. The molecule has 3 nitrogen and oxygen atoms in total. The standard InChI is InChI=1S/C12H9Cl2F2N3/c1-17-11-9(15)5-10(16)12(19-11)18-8-3-6(13)2-7(14)4-8/h2-5H,1H3,(H2,17,18,19). The molecular weight excluding hydrogens is 295 g/mol. The first-order chi connectivity index (χ1) is 8.99. The number of halogens is 4. The van der Waals surface area contributed by atoms with Gasteiger partial charge < -0.3 is 10.6 Å². The second-order valence-electron chi connectivity index (χ2n) is 3.68. The number of anilines is 3. The van der Waals surface area contributed by atoms with Gasteiger partial charge in [-0.05, 0) is 18.2 Å². The molecule has 100 valence electrons. The highest BCUT2D eigenvalue weighted by Gasteiger charge is 2.11. The number of pyridine rings is 1. The smallest absolute Gasteiger partial charge is 0.169 e. The largest absolute Gasteiger partial charge is 0.371 e. The quantitative estimate of drug-likeness (QED) is 0.879. The average Bonchev–Trinajstić information content (AvgIpc) is 2.31. The maximum Gasteiger partial charge on any atom is 0.169 e. The number of aromatic nitrogens is 1. The maximum atomic E-state index is 13.6. The summed E-state index contributed by atoms with van der Waals surface area (Å²) in [6.07, 6.45) is 0. The number of benzene rings is 1. The molecule has 0 atom stereocenters. The van der Waals surface area contributed by atoms with Crippen LogP contribution in [-0.4, -0.2) is 12.0 Å². The van der Waals surface area contributed by atoms with Gasteiger partial charge in [0.2, 0.25) is 0 Å². The van der Waals surface area contributed by atoms with E-state index in [1.54, 1.807) is 18.2 Å². The molecule has 0 unspecified atom stereocenters. The molecule has 0 aliphatic rings. The molecule has 2 N–H and O–H groups in total. The molecule has 0 amide bonds. The van der Waals surface area contributed by atoms with Crippen LogP contribution in [0.25, 0.3) is 0 Å². The van der Waals surface area contributed by atoms with E-state index in [4.69, 9.17) is 23.2 Å². The van der Waals surface area contributed by atoms with Crippen molar-refractivity contribution in [3.8, 4) is 0 Å². The van der Waals surface area contributed by atoms with Crippen LogP contribution in [0.5, 0.6) is 0 Å². The van der Waals surface area contributed by atoms with Crippen molar-refractivity contribution in [2.45, 2.75) is 0 Å². The molecular formula is C12H9Cl2F2N3. The highest BCUT2D eigenvalue weighted by atomic mass is 35.5. The van der Waals surface area contributed by atoms with E-state index in [2.05, 4.69) is 15.6 Å². The Morgan fingerprint density at radius 2 is 1.53 bits per heavy atom. The molecule has 0 radical (unpaired) electrons. The second-order valence-corrected chi connectivity index (χ2v) is 4.56. The highest BCUT2D eigenvalue weighted by Crippen LogP contribution is 2.27. The van der Waals surface area contributed by atoms with Gasteiger partial charge in [0.1, 0.15) is 0 Å². The van der Waals surface area contributed by atoms with Crippen molar-refractivity contribution in [2.75, 3.05) is 17.7 Å². The Morgan fingerprint density at radius 3 is 2.11 bits per heavy atom. The lowest BCUT2D eigenvalue weighted by Crippen LogP contribution is -2.03. The van der Waals surface area contributed by atoms with Crippen molar-refractivity contribution < 1.29 is 8.78 Å². The Hall–Kier alpha value is -1.59. The zero-order valence-electron chi connectivity index (χ0n) is 9.77. The number of nitrogens with one attached hydrogen (secondary N) is 2. The summed E-state index contributed by atoms with van der Waals surface area (Å²) in [6.45, 7) is 0. The fourth-order valence-corrected chi connectivity index (χ4v) is 2.02. The van der Waals surface area contributed by atoms with Crippen LogP contribution in [0.3, 0.4) is 0 Å². The molecule has 0 bridgehead atoms. The van der Waals surface area contributed by atoms with Gasteiger partial charge in [-0.3, -0.25) is 0 Å². The van der Waals surface area contributed by atoms with Gasteiger partial charge in [0.15, 0.2) is 23.3 Å². The maximum absolute atomic E-state index is 13.6. The van der Waals surface area contributed by atoms with Crippen LogP contribution in [0.1, 0.15) is 0 Å². The zero-order valence-corrected chi connectivity index (χ0v) is 11.3. The van der Waals surface area contributed by atoms with Crippen molar-refractivity contribution in [3.05, 3.63) is 45.9 Å². The normalized spacial score (nSPS) is 10.4. The summed E-state index contributed by atoms with van der Waals surface area (Å²) in [5.41, 5.74) is 0.456. The Labute approximate surface area is 118 Å². The Balaban J connectivity index is 2.37. The van der Waals surface area contributed by atoms with Crippen LogP contribution in [0.4, 0.5) is 26.1 Å². The van der Waals surface area contributed by atoms with Crippen molar-refractivity contribution in [2.24, 2.45) is 0 Å². The number of hydrogen-bond donors (Lipinski definition) is 2. The van der Waals surface area contributed by atoms with Crippen LogP contribution < -0.4 is 10.6 Å². The molecule has 2 rings (SSSR count). The van der Waals surface area contributed by atoms with E-state index in [1.165, 1.54) is 7.05 Å². The molecule has 0 fully saturated rings. The molecule has 0 saturated heterocycles. The van der Waals surface area contributed by atoms with E-state index < -0.39 is 11.6 Å². The lowest BCUT2D eigenvalue weighted by atomic mass is 10.3. The molecule has 0 saturated carbocycles. The first-order valence-corrected chi connectivity index (χ1v) is 6.02. The molecule has 0 aliphatic carbocycles. The lowest BCUT2D eigenvalue weighted by Gasteiger charge is -2.10. The summed E-state index contributed by atoms with van der Waals surface area (Å²) in [6, 6.07) is 5.39. The summed E-state index contributed by atoms with van der Waals surface area (Å²) in [5, 5.41) is 6.01. The van der Waals surface area contributed by atoms with Gasteiger partial charge in [0.05, 0.1) is 0 Å². The predicted molar refractivity (Wildman–Crippen MR) is 73.4 cm³/mol. The van der Waals surface area contributed by atoms with Crippen molar-refractivity contribution in [1.29, 1.82) is 0 Å². The third-order valence-electron chi connectivity index (χ3n) is 2.29. The third kappa shape index (κ3) is 3.24. The first-order valence-electron chi connectivity index (χ1n) is 5.26. The van der Waals surface area contributed by atoms with Crippen LogP contribution in [0, 0.1) is 11.6 Å². The minimum absolute atomic E-state index is 0.0583. The van der Waals surface area contributed by atoms with E-state index in [9.17, 15) is 8.78 Å². The summed E-state index contributed by atoms with van der Waals surface area (Å²) >= 11 is 11.7. The minimum atomic E-state index is -0.812. The number of hydrogen-bond acceptors (Lipinski definition) is 3. The van der Waals surface area contributed by atoms with E-state index in [-0.39, 0.29) is 11.6 Å². The van der Waals surface area contributed by atoms with Crippen LogP contribution in [0.15, 0.2) is 24.3 Å². The third-order valence-corrected chi connectivity index (χ3v) is 2.73. The first kappa shape index (κ1) is 13.8. The van der Waals surface area contributed by atoms with Gasteiger partial charge in [-0.1, -0.05) is 23.2 Å². The van der Waals surface area contributed by atoms with Gasteiger partial charge in [-0.2, -0.15) is 0 Å². The fourth-order valence-electron chi connectivity index (χ4n) is 1.49. The lowest BCUT2D eigenvalue weighted by molar-refractivity contribution is 0.580. The van der Waals surface area contributed by atoms with Crippen molar-refractivity contribution in [3.63, 3.8) is 0 Å². The zero-order chi connectivity index (χ0) is 14.0. The fraction of sp³-hybridized carbons (Fsp3) is 0.0833. The molecule has 0 spiro atoms. The van der Waals surface area contributed by atoms with Crippen LogP contribution in [0.2, 0.25) is 10.0 Å². The molecule has 0 aliphatic heterocycles. The molecule has 1 aromatic heterocycles. The average molecular weight is 304 g/mol. The van der Waals surface area contributed by atoms with Crippen molar-refractivity contribution in [1.82, 2.24) is 4.98 Å². The summed E-state index contributed by atoms with van der Waals surface area (Å²) in [4.78, 5) is 3.79. The second kappa shape index (κ2) is 5.59. The topological polar surface area (TPSA) is 37.0 Å². The van der Waals surface area contributed by atoms with E-state index in [1.807, 2.05) is 0 Å². The van der Waals surface area contributed by atoms with E-state index in [0.717, 1.165) is 6.07 Å². The van der Waals surface area contributed by atoms with Gasteiger partial charge >= 0.3 is 0 Å². The molecule has 1 heterocycles. The Bertz CT molecular complexity index is 600. The predicted octanol–water partition coefficient (Wildman–Crippen LogP) is 4.45. The van der Waals surface area contributed by atoms with Gasteiger partial charge in [0.25, 0.3) is 0 Å². The summed E-state index contributed by atoms with van der Waals surface area (Å²) in [7, 11) is 1.49. The summed E-state index contributed by atoms with van der Waals surface area (Å²) < 4.78 is 26.9. The van der Waals surface area contributed by atoms with Gasteiger partial charge in [-0.25, -0.2) is 13.8 Å². The molecule has 19 heavy (non-hydrogen) atoms. The number of nitrogens with zero attached hydrogens (tertiary/aromatic N) is 1. The van der Waals surface area contributed by atoms with Crippen LogP contribution >= 0.6 is 23.2 Å². The molecule has 1 aromatic carbocycles. The highest BCUT2D eigenvalue weighted by molar-refractivity contribution is 6.35. The molecule has 7 heteroatoms. The summed E-state index contributed by atoms with van der Waals surface area (Å²) in [5.74, 6) is -1.76. The van der Waals surface area contributed by atoms with Crippen molar-refractivity contribution >= 4 is 40.5 Å². The minimum Gasteiger partial charge on any atom is -0.371 e. The Kier molecular flexibility index (Phi) is 4.07. The number of rotatable bonds is 3. The monoisotopic (exact) mass is 303 g/mol. The van der Waals surface area contributed by atoms with Gasteiger partial charge in [0, 0.05) is 28.8 Å².